The van der Waals surface area contributed by atoms with Crippen molar-refractivity contribution in [2.45, 2.75) is 69.2 Å². The number of hydrogen-bond donors (Lipinski definition) is 2. The number of hydrogen-bond acceptors (Lipinski definition) is 3. The quantitative estimate of drug-likeness (QED) is 0.804. The number of urea groups is 1. The van der Waals surface area contributed by atoms with Crippen molar-refractivity contribution in [2.75, 3.05) is 13.2 Å². The maximum atomic E-state index is 11.9. The molecule has 1 spiro atoms. The summed E-state index contributed by atoms with van der Waals surface area (Å²) in [5.41, 5.74) is 0. The van der Waals surface area contributed by atoms with Gasteiger partial charge in [0.15, 0.2) is 5.79 Å². The maximum Gasteiger partial charge on any atom is 0.315 e. The van der Waals surface area contributed by atoms with Crippen molar-refractivity contribution in [1.29, 1.82) is 0 Å². The predicted octanol–water partition coefficient (Wildman–Crippen LogP) is 1.91. The number of rotatable bonds is 2. The van der Waals surface area contributed by atoms with E-state index < -0.39 is 0 Å². The van der Waals surface area contributed by atoms with Crippen molar-refractivity contribution in [2.24, 2.45) is 0 Å². The van der Waals surface area contributed by atoms with E-state index in [1.165, 1.54) is 12.8 Å². The minimum absolute atomic E-state index is 0.00103. The molecule has 0 aromatic heterocycles. The Balaban J connectivity index is 1.40. The Morgan fingerprint density at radius 3 is 2.00 bits per heavy atom. The number of carbonyl (C=O) groups excluding carboxylic acids is 1. The van der Waals surface area contributed by atoms with Gasteiger partial charge in [-0.15, -0.1) is 0 Å². The van der Waals surface area contributed by atoms with Crippen LogP contribution < -0.4 is 10.6 Å². The van der Waals surface area contributed by atoms with Crippen molar-refractivity contribution in [3.63, 3.8) is 0 Å². The molecule has 0 atom stereocenters. The highest BCUT2D eigenvalue weighted by Crippen LogP contribution is 2.35. The van der Waals surface area contributed by atoms with Crippen LogP contribution >= 0.6 is 0 Å². The zero-order valence-corrected chi connectivity index (χ0v) is 11.5. The first-order chi connectivity index (χ1) is 9.26. The van der Waals surface area contributed by atoms with Gasteiger partial charge in [-0.25, -0.2) is 4.79 Å². The summed E-state index contributed by atoms with van der Waals surface area (Å²) in [4.78, 5) is 11.9. The minimum atomic E-state index is -0.333. The molecule has 5 nitrogen and oxygen atoms in total. The van der Waals surface area contributed by atoms with E-state index in [-0.39, 0.29) is 17.9 Å². The Bertz CT molecular complexity index is 313. The van der Waals surface area contributed by atoms with Gasteiger partial charge in [0, 0.05) is 24.9 Å². The molecule has 2 N–H and O–H groups in total. The fraction of sp³-hybridized carbons (Fsp3) is 0.929. The molecule has 3 aliphatic rings. The molecule has 2 aliphatic carbocycles. The van der Waals surface area contributed by atoms with Crippen molar-refractivity contribution in [1.82, 2.24) is 10.6 Å². The Morgan fingerprint density at radius 2 is 1.42 bits per heavy atom. The fourth-order valence-electron chi connectivity index (χ4n) is 3.47. The Hall–Kier alpha value is -0.810. The molecule has 1 saturated heterocycles. The van der Waals surface area contributed by atoms with Crippen LogP contribution in [0, 0.1) is 0 Å². The van der Waals surface area contributed by atoms with Crippen LogP contribution in [0.4, 0.5) is 4.79 Å². The monoisotopic (exact) mass is 268 g/mol. The van der Waals surface area contributed by atoms with Gasteiger partial charge < -0.3 is 20.1 Å². The molecule has 0 aromatic carbocycles. The van der Waals surface area contributed by atoms with E-state index in [2.05, 4.69) is 10.6 Å². The molecule has 0 bridgehead atoms. The Kier molecular flexibility index (Phi) is 3.93. The van der Waals surface area contributed by atoms with Crippen LogP contribution in [0.1, 0.15) is 51.4 Å². The number of ether oxygens (including phenoxy) is 2. The smallest absolute Gasteiger partial charge is 0.315 e. The van der Waals surface area contributed by atoms with E-state index in [1.807, 2.05) is 0 Å². The van der Waals surface area contributed by atoms with Gasteiger partial charge in [-0.05, 0) is 25.7 Å². The summed E-state index contributed by atoms with van der Waals surface area (Å²) < 4.78 is 11.4. The maximum absolute atomic E-state index is 11.9. The molecule has 1 heterocycles. The lowest BCUT2D eigenvalue weighted by Gasteiger charge is -2.35. The highest BCUT2D eigenvalue weighted by atomic mass is 16.7. The van der Waals surface area contributed by atoms with Crippen molar-refractivity contribution in [3.8, 4) is 0 Å². The van der Waals surface area contributed by atoms with Gasteiger partial charge in [0.05, 0.1) is 13.2 Å². The molecule has 5 heteroatoms. The van der Waals surface area contributed by atoms with E-state index in [0.717, 1.165) is 38.5 Å². The SMILES string of the molecule is O=C(NC1CCCC1)NC1CCC2(CC1)OCCO2. The second-order valence-electron chi connectivity index (χ2n) is 5.98. The van der Waals surface area contributed by atoms with Gasteiger partial charge in [-0.1, -0.05) is 12.8 Å². The zero-order chi connectivity index (χ0) is 13.1. The number of amides is 2. The Morgan fingerprint density at radius 1 is 0.895 bits per heavy atom. The average molecular weight is 268 g/mol. The van der Waals surface area contributed by atoms with E-state index in [9.17, 15) is 4.79 Å². The van der Waals surface area contributed by atoms with E-state index in [0.29, 0.717) is 19.3 Å². The third-order valence-corrected chi connectivity index (χ3v) is 4.59. The van der Waals surface area contributed by atoms with Gasteiger partial charge in [0.1, 0.15) is 0 Å². The summed E-state index contributed by atoms with van der Waals surface area (Å²) in [5.74, 6) is -0.333. The highest BCUT2D eigenvalue weighted by molar-refractivity contribution is 5.74. The third kappa shape index (κ3) is 3.20. The van der Waals surface area contributed by atoms with Crippen LogP contribution in [0.25, 0.3) is 0 Å². The van der Waals surface area contributed by atoms with Crippen LogP contribution in [-0.2, 0) is 9.47 Å². The topological polar surface area (TPSA) is 59.6 Å². The van der Waals surface area contributed by atoms with Gasteiger partial charge in [-0.3, -0.25) is 0 Å². The molecular formula is C14H24N2O3. The lowest BCUT2D eigenvalue weighted by molar-refractivity contribution is -0.179. The summed E-state index contributed by atoms with van der Waals surface area (Å²) in [5, 5.41) is 6.17. The standard InChI is InChI=1S/C14H24N2O3/c17-13(15-11-3-1-2-4-11)16-12-5-7-14(8-6-12)18-9-10-19-14/h11-12H,1-10H2,(H2,15,16,17). The number of nitrogens with one attached hydrogen (secondary N) is 2. The molecule has 0 unspecified atom stereocenters. The molecule has 3 fully saturated rings. The van der Waals surface area contributed by atoms with E-state index in [1.54, 1.807) is 0 Å². The lowest BCUT2D eigenvalue weighted by Crippen LogP contribution is -2.49. The van der Waals surface area contributed by atoms with Crippen LogP contribution in [0.3, 0.4) is 0 Å². The summed E-state index contributed by atoms with van der Waals surface area (Å²) in [6.07, 6.45) is 8.40. The van der Waals surface area contributed by atoms with Gasteiger partial charge in [0.2, 0.25) is 0 Å². The largest absolute Gasteiger partial charge is 0.348 e. The van der Waals surface area contributed by atoms with Gasteiger partial charge in [-0.2, -0.15) is 0 Å². The first-order valence-electron chi connectivity index (χ1n) is 7.61. The number of carbonyl (C=O) groups is 1. The molecule has 2 amide bonds. The molecule has 0 aromatic rings. The van der Waals surface area contributed by atoms with Crippen LogP contribution in [0.2, 0.25) is 0 Å². The zero-order valence-electron chi connectivity index (χ0n) is 11.5. The second kappa shape index (κ2) is 5.67. The third-order valence-electron chi connectivity index (χ3n) is 4.59. The molecule has 1 aliphatic heterocycles. The van der Waals surface area contributed by atoms with Crippen molar-refractivity contribution >= 4 is 6.03 Å². The van der Waals surface area contributed by atoms with Crippen LogP contribution in [0.5, 0.6) is 0 Å². The summed E-state index contributed by atoms with van der Waals surface area (Å²) in [6, 6.07) is 0.650. The highest BCUT2D eigenvalue weighted by Gasteiger charge is 2.40. The first-order valence-corrected chi connectivity index (χ1v) is 7.61. The summed E-state index contributed by atoms with van der Waals surface area (Å²) in [6.45, 7) is 1.42. The average Bonchev–Trinajstić information content (AvgIpc) is 3.05. The molecular weight excluding hydrogens is 244 g/mol. The molecule has 2 saturated carbocycles. The molecule has 0 radical (unpaired) electrons. The van der Waals surface area contributed by atoms with Gasteiger partial charge in [0.25, 0.3) is 0 Å². The van der Waals surface area contributed by atoms with Crippen molar-refractivity contribution in [3.05, 3.63) is 0 Å². The summed E-state index contributed by atoms with van der Waals surface area (Å²) >= 11 is 0. The van der Waals surface area contributed by atoms with Crippen molar-refractivity contribution < 1.29 is 14.3 Å². The van der Waals surface area contributed by atoms with Crippen LogP contribution in [0.15, 0.2) is 0 Å². The molecule has 19 heavy (non-hydrogen) atoms. The Labute approximate surface area is 114 Å². The minimum Gasteiger partial charge on any atom is -0.348 e. The normalized spacial score (nSPS) is 27.8. The predicted molar refractivity (Wildman–Crippen MR) is 70.8 cm³/mol. The van der Waals surface area contributed by atoms with Crippen LogP contribution in [-0.4, -0.2) is 37.1 Å². The fourth-order valence-corrected chi connectivity index (χ4v) is 3.47. The first kappa shape index (κ1) is 13.2. The second-order valence-corrected chi connectivity index (χ2v) is 5.98. The lowest BCUT2D eigenvalue weighted by atomic mass is 9.90. The van der Waals surface area contributed by atoms with E-state index >= 15 is 0 Å². The van der Waals surface area contributed by atoms with E-state index in [4.69, 9.17) is 9.47 Å². The molecule has 108 valence electrons. The van der Waals surface area contributed by atoms with Gasteiger partial charge >= 0.3 is 6.03 Å². The molecule has 3 rings (SSSR count). The summed E-state index contributed by atoms with van der Waals surface area (Å²) in [7, 11) is 0.